The predicted octanol–water partition coefficient (Wildman–Crippen LogP) is 8.47. The lowest BCUT2D eigenvalue weighted by Crippen LogP contribution is -2.14. The number of halogens is 4. The van der Waals surface area contributed by atoms with Crippen LogP contribution in [0.5, 0.6) is 17.2 Å². The maximum absolute atomic E-state index is 6.33. The van der Waals surface area contributed by atoms with Crippen LogP contribution < -0.4 is 14.2 Å². The molecule has 34 heavy (non-hydrogen) atoms. The van der Waals surface area contributed by atoms with Crippen molar-refractivity contribution < 1.29 is 19.0 Å². The average molecular weight is 549 g/mol. The van der Waals surface area contributed by atoms with Gasteiger partial charge < -0.3 is 19.0 Å². The molecule has 1 atom stereocenters. The van der Waals surface area contributed by atoms with Crippen LogP contribution >= 0.6 is 46.4 Å². The van der Waals surface area contributed by atoms with Crippen LogP contribution in [0.15, 0.2) is 52.1 Å². The van der Waals surface area contributed by atoms with E-state index in [9.17, 15) is 0 Å². The zero-order chi connectivity index (χ0) is 24.8. The van der Waals surface area contributed by atoms with E-state index in [2.05, 4.69) is 12.1 Å². The molecular weight excluding hydrogens is 520 g/mol. The Balaban J connectivity index is 1.73. The van der Waals surface area contributed by atoms with Crippen molar-refractivity contribution in [3.8, 4) is 17.2 Å². The largest absolute Gasteiger partial charge is 0.494 e. The Morgan fingerprint density at radius 1 is 0.971 bits per heavy atom. The van der Waals surface area contributed by atoms with E-state index in [1.54, 1.807) is 18.3 Å². The van der Waals surface area contributed by atoms with Crippen LogP contribution in [0.1, 0.15) is 45.1 Å². The Kier molecular flexibility index (Phi) is 13.4. The molecule has 2 aromatic carbocycles. The highest BCUT2D eigenvalue weighted by Crippen LogP contribution is 2.38. The van der Waals surface area contributed by atoms with Gasteiger partial charge in [0, 0.05) is 12.1 Å². The molecule has 0 aliphatic carbocycles. The number of unbranched alkanes of at least 4 members (excludes halogenated alkanes) is 1. The van der Waals surface area contributed by atoms with Crippen molar-refractivity contribution in [2.45, 2.75) is 45.6 Å². The van der Waals surface area contributed by atoms with Gasteiger partial charge in [-0.05, 0) is 62.1 Å². The molecule has 0 spiro atoms. The summed E-state index contributed by atoms with van der Waals surface area (Å²) in [7, 11) is 0. The summed E-state index contributed by atoms with van der Waals surface area (Å²) in [6, 6.07) is 11.0. The number of oxime groups is 1. The second kappa shape index (κ2) is 16.0. The third-order valence-corrected chi connectivity index (χ3v) is 5.42. The summed E-state index contributed by atoms with van der Waals surface area (Å²) < 4.78 is 17.4. The van der Waals surface area contributed by atoms with Gasteiger partial charge in [-0.2, -0.15) is 0 Å². The van der Waals surface area contributed by atoms with Crippen LogP contribution in [0.4, 0.5) is 0 Å². The molecule has 0 aliphatic rings. The van der Waals surface area contributed by atoms with Gasteiger partial charge in [0.25, 0.3) is 0 Å². The topological polar surface area (TPSA) is 49.3 Å². The van der Waals surface area contributed by atoms with Crippen LogP contribution in [-0.4, -0.2) is 32.1 Å². The summed E-state index contributed by atoms with van der Waals surface area (Å²) >= 11 is 23.8. The lowest BCUT2D eigenvalue weighted by molar-refractivity contribution is 0.143. The molecule has 2 aromatic rings. The molecular formula is C25H29Cl4NO4. The fourth-order valence-corrected chi connectivity index (χ4v) is 3.45. The van der Waals surface area contributed by atoms with Gasteiger partial charge >= 0.3 is 0 Å². The maximum Gasteiger partial charge on any atom is 0.157 e. The second-order valence-electron chi connectivity index (χ2n) is 7.43. The van der Waals surface area contributed by atoms with Crippen LogP contribution in [0, 0.1) is 0 Å². The van der Waals surface area contributed by atoms with Crippen molar-refractivity contribution in [3.05, 3.63) is 62.6 Å². The predicted molar refractivity (Wildman–Crippen MR) is 141 cm³/mol. The van der Waals surface area contributed by atoms with E-state index >= 15 is 0 Å². The summed E-state index contributed by atoms with van der Waals surface area (Å²) in [5.74, 6) is 1.71. The summed E-state index contributed by atoms with van der Waals surface area (Å²) in [6.07, 6.45) is 6.77. The van der Waals surface area contributed by atoms with E-state index in [0.29, 0.717) is 34.8 Å². The highest BCUT2D eigenvalue weighted by atomic mass is 35.5. The molecule has 5 nitrogen and oxygen atoms in total. The normalized spacial score (nSPS) is 11.8. The average Bonchev–Trinajstić information content (AvgIpc) is 2.80. The zero-order valence-corrected chi connectivity index (χ0v) is 22.3. The Morgan fingerprint density at radius 3 is 2.32 bits per heavy atom. The quantitative estimate of drug-likeness (QED) is 0.127. The minimum absolute atomic E-state index is 0.102. The molecule has 0 radical (unpaired) electrons. The summed E-state index contributed by atoms with van der Waals surface area (Å²) in [5.41, 5.74) is 0.954. The molecule has 0 amide bonds. The van der Waals surface area contributed by atoms with Gasteiger partial charge in [0.1, 0.15) is 29.2 Å². The third-order valence-electron chi connectivity index (χ3n) is 4.55. The standard InChI is InChI=1S/C25H29Cl4NO4/c1-3-4-13-33-30-17-19-7-9-20(10-8-19)31-12-5-6-18(2)34-25-22(26)15-21(16-23(25)27)32-14-11-24(28)29/h7-11,15-18H,3-6,12-14H2,1-2H3. The number of ether oxygens (including phenoxy) is 3. The van der Waals surface area contributed by atoms with Crippen LogP contribution in [0.2, 0.25) is 10.0 Å². The van der Waals surface area contributed by atoms with Crippen LogP contribution in [0.25, 0.3) is 0 Å². The highest BCUT2D eigenvalue weighted by Gasteiger charge is 2.14. The first-order valence-electron chi connectivity index (χ1n) is 11.1. The Morgan fingerprint density at radius 2 is 1.68 bits per heavy atom. The minimum Gasteiger partial charge on any atom is -0.494 e. The van der Waals surface area contributed by atoms with E-state index in [1.165, 1.54) is 6.08 Å². The van der Waals surface area contributed by atoms with Crippen LogP contribution in [0.3, 0.4) is 0 Å². The molecule has 0 aliphatic heterocycles. The van der Waals surface area contributed by atoms with Crippen molar-refractivity contribution in [3.63, 3.8) is 0 Å². The Hall–Kier alpha value is -1.79. The number of hydrogen-bond donors (Lipinski definition) is 0. The first-order chi connectivity index (χ1) is 16.4. The van der Waals surface area contributed by atoms with Crippen molar-refractivity contribution in [2.75, 3.05) is 19.8 Å². The molecule has 0 heterocycles. The highest BCUT2D eigenvalue weighted by molar-refractivity contribution is 6.55. The molecule has 0 saturated carbocycles. The van der Waals surface area contributed by atoms with Gasteiger partial charge in [-0.25, -0.2) is 0 Å². The SMILES string of the molecule is CCCCON=Cc1ccc(OCCCC(C)Oc2c(Cl)cc(OCC=C(Cl)Cl)cc2Cl)cc1. The fraction of sp³-hybridized carbons (Fsp3) is 0.400. The number of benzene rings is 2. The molecule has 0 bridgehead atoms. The lowest BCUT2D eigenvalue weighted by atomic mass is 10.2. The molecule has 186 valence electrons. The number of hydrogen-bond acceptors (Lipinski definition) is 5. The molecule has 0 aromatic heterocycles. The van der Waals surface area contributed by atoms with Gasteiger partial charge in [-0.15, -0.1) is 0 Å². The van der Waals surface area contributed by atoms with Crippen molar-refractivity contribution in [1.82, 2.24) is 0 Å². The van der Waals surface area contributed by atoms with E-state index in [-0.39, 0.29) is 17.2 Å². The van der Waals surface area contributed by atoms with E-state index in [1.807, 2.05) is 31.2 Å². The first kappa shape index (κ1) is 28.4. The fourth-order valence-electron chi connectivity index (χ4n) is 2.76. The Bertz CT molecular complexity index is 908. The molecule has 2 rings (SSSR count). The van der Waals surface area contributed by atoms with E-state index < -0.39 is 0 Å². The third kappa shape index (κ3) is 11.1. The maximum atomic E-state index is 6.33. The molecule has 0 saturated heterocycles. The monoisotopic (exact) mass is 547 g/mol. The lowest BCUT2D eigenvalue weighted by Gasteiger charge is -2.18. The zero-order valence-electron chi connectivity index (χ0n) is 19.2. The summed E-state index contributed by atoms with van der Waals surface area (Å²) in [6.45, 7) is 5.47. The molecule has 1 unspecified atom stereocenters. The van der Waals surface area contributed by atoms with Gasteiger partial charge in [0.15, 0.2) is 5.75 Å². The molecule has 0 fully saturated rings. The second-order valence-corrected chi connectivity index (χ2v) is 9.25. The smallest absolute Gasteiger partial charge is 0.157 e. The van der Waals surface area contributed by atoms with E-state index in [0.717, 1.165) is 37.0 Å². The van der Waals surface area contributed by atoms with Crippen LogP contribution in [-0.2, 0) is 4.84 Å². The van der Waals surface area contributed by atoms with Crippen molar-refractivity contribution in [1.29, 1.82) is 0 Å². The van der Waals surface area contributed by atoms with Gasteiger partial charge in [-0.1, -0.05) is 64.9 Å². The number of rotatable bonds is 15. The summed E-state index contributed by atoms with van der Waals surface area (Å²) in [4.78, 5) is 5.19. The Labute approximate surface area is 221 Å². The van der Waals surface area contributed by atoms with Crippen molar-refractivity contribution >= 4 is 52.6 Å². The number of nitrogens with zero attached hydrogens (tertiary/aromatic N) is 1. The van der Waals surface area contributed by atoms with Gasteiger partial charge in [0.05, 0.1) is 29.0 Å². The van der Waals surface area contributed by atoms with E-state index in [4.69, 9.17) is 65.5 Å². The van der Waals surface area contributed by atoms with Gasteiger partial charge in [-0.3, -0.25) is 0 Å². The molecule has 0 N–H and O–H groups in total. The van der Waals surface area contributed by atoms with Crippen molar-refractivity contribution in [2.24, 2.45) is 5.16 Å². The molecule has 9 heteroatoms. The summed E-state index contributed by atoms with van der Waals surface area (Å²) in [5, 5.41) is 4.69. The van der Waals surface area contributed by atoms with Gasteiger partial charge in [0.2, 0.25) is 0 Å². The first-order valence-corrected chi connectivity index (χ1v) is 12.6. The minimum atomic E-state index is -0.102.